The Morgan fingerprint density at radius 2 is 2.18 bits per heavy atom. The first-order chi connectivity index (χ1) is 8.02. The number of ketones is 1. The van der Waals surface area contributed by atoms with Crippen LogP contribution in [-0.4, -0.2) is 15.6 Å². The normalized spacial score (nSPS) is 10.5. The smallest absolute Gasteiger partial charge is 0.212 e. The molecule has 0 bridgehead atoms. The Morgan fingerprint density at radius 3 is 2.76 bits per heavy atom. The van der Waals surface area contributed by atoms with Crippen LogP contribution < -0.4 is 5.73 Å². The second-order valence-electron chi connectivity index (χ2n) is 3.81. The van der Waals surface area contributed by atoms with E-state index < -0.39 is 0 Å². The minimum Gasteiger partial charge on any atom is -0.398 e. The van der Waals surface area contributed by atoms with E-state index in [4.69, 9.17) is 5.73 Å². The van der Waals surface area contributed by atoms with Crippen LogP contribution in [0, 0.1) is 6.92 Å². The largest absolute Gasteiger partial charge is 0.398 e. The molecule has 5 heteroatoms. The summed E-state index contributed by atoms with van der Waals surface area (Å²) in [7, 11) is 1.74. The van der Waals surface area contributed by atoms with Gasteiger partial charge in [0.25, 0.3) is 0 Å². The van der Waals surface area contributed by atoms with Gasteiger partial charge in [0.1, 0.15) is 5.69 Å². The minimum absolute atomic E-state index is 0.0818. The van der Waals surface area contributed by atoms with Gasteiger partial charge in [0.15, 0.2) is 0 Å². The zero-order chi connectivity index (χ0) is 12.6. The van der Waals surface area contributed by atoms with Crippen molar-refractivity contribution >= 4 is 27.4 Å². The Morgan fingerprint density at radius 1 is 1.47 bits per heavy atom. The van der Waals surface area contributed by atoms with E-state index in [-0.39, 0.29) is 5.78 Å². The van der Waals surface area contributed by atoms with Gasteiger partial charge < -0.3 is 5.73 Å². The summed E-state index contributed by atoms with van der Waals surface area (Å²) in [5.74, 6) is -0.0818. The summed E-state index contributed by atoms with van der Waals surface area (Å²) in [6, 6.07) is 5.33. The molecule has 2 N–H and O–H groups in total. The van der Waals surface area contributed by atoms with E-state index in [1.165, 1.54) is 0 Å². The van der Waals surface area contributed by atoms with Gasteiger partial charge in [-0.2, -0.15) is 5.10 Å². The van der Waals surface area contributed by atoms with Crippen LogP contribution in [0.1, 0.15) is 21.6 Å². The number of aryl methyl sites for hydroxylation is 1. The molecule has 0 saturated carbocycles. The highest BCUT2D eigenvalue weighted by Crippen LogP contribution is 2.23. The van der Waals surface area contributed by atoms with Crippen LogP contribution in [0.25, 0.3) is 0 Å². The number of nitrogen functional groups attached to an aromatic ring is 1. The lowest BCUT2D eigenvalue weighted by atomic mass is 10.0. The first-order valence-corrected chi connectivity index (χ1v) is 5.89. The van der Waals surface area contributed by atoms with Gasteiger partial charge in [-0.05, 0) is 34.5 Å². The molecule has 88 valence electrons. The third kappa shape index (κ3) is 1.98. The fourth-order valence-electron chi connectivity index (χ4n) is 1.69. The molecule has 4 nitrogen and oxygen atoms in total. The number of hydrogen-bond acceptors (Lipinski definition) is 3. The summed E-state index contributed by atoms with van der Waals surface area (Å²) in [5.41, 5.74) is 8.35. The highest BCUT2D eigenvalue weighted by Gasteiger charge is 2.19. The van der Waals surface area contributed by atoms with Crippen LogP contribution in [0.3, 0.4) is 0 Å². The molecule has 1 heterocycles. The molecule has 0 aliphatic carbocycles. The van der Waals surface area contributed by atoms with Gasteiger partial charge in [-0.1, -0.05) is 12.1 Å². The summed E-state index contributed by atoms with van der Waals surface area (Å²) in [6.07, 6.45) is 1.61. The van der Waals surface area contributed by atoms with Crippen molar-refractivity contribution < 1.29 is 4.79 Å². The first-order valence-electron chi connectivity index (χ1n) is 5.09. The molecule has 0 spiro atoms. The topological polar surface area (TPSA) is 60.9 Å². The lowest BCUT2D eigenvalue weighted by molar-refractivity contribution is 0.102. The van der Waals surface area contributed by atoms with E-state index in [0.29, 0.717) is 21.4 Å². The number of nitrogens with two attached hydrogens (primary N) is 1. The predicted octanol–water partition coefficient (Wildman–Crippen LogP) is 2.30. The van der Waals surface area contributed by atoms with Crippen LogP contribution in [0.4, 0.5) is 5.69 Å². The van der Waals surface area contributed by atoms with Crippen LogP contribution in [0.5, 0.6) is 0 Å². The Labute approximate surface area is 108 Å². The van der Waals surface area contributed by atoms with Gasteiger partial charge in [-0.3, -0.25) is 9.48 Å². The molecule has 2 aromatic rings. The van der Waals surface area contributed by atoms with E-state index in [1.54, 1.807) is 36.1 Å². The standard InChI is InChI=1S/C12H12BrN3O/c1-7-8(4-3-5-10(7)14)12(17)11-9(13)6-15-16(11)2/h3-6H,14H2,1-2H3. The highest BCUT2D eigenvalue weighted by atomic mass is 79.9. The fraction of sp³-hybridized carbons (Fsp3) is 0.167. The lowest BCUT2D eigenvalue weighted by Crippen LogP contribution is -2.11. The third-order valence-electron chi connectivity index (χ3n) is 2.73. The van der Waals surface area contributed by atoms with Gasteiger partial charge in [0, 0.05) is 18.3 Å². The van der Waals surface area contributed by atoms with Crippen molar-refractivity contribution in [3.8, 4) is 0 Å². The molecule has 0 radical (unpaired) electrons. The molecular weight excluding hydrogens is 282 g/mol. The van der Waals surface area contributed by atoms with E-state index in [0.717, 1.165) is 5.56 Å². The predicted molar refractivity (Wildman–Crippen MR) is 69.9 cm³/mol. The summed E-state index contributed by atoms with van der Waals surface area (Å²) in [5, 5.41) is 4.03. The Hall–Kier alpha value is -1.62. The quantitative estimate of drug-likeness (QED) is 0.683. The fourth-order valence-corrected chi connectivity index (χ4v) is 2.22. The van der Waals surface area contributed by atoms with Gasteiger partial charge in [-0.15, -0.1) is 0 Å². The minimum atomic E-state index is -0.0818. The van der Waals surface area contributed by atoms with Crippen molar-refractivity contribution in [3.63, 3.8) is 0 Å². The van der Waals surface area contributed by atoms with Crippen molar-refractivity contribution in [1.82, 2.24) is 9.78 Å². The van der Waals surface area contributed by atoms with Crippen molar-refractivity contribution in [2.45, 2.75) is 6.92 Å². The third-order valence-corrected chi connectivity index (χ3v) is 3.31. The number of nitrogens with zero attached hydrogens (tertiary/aromatic N) is 2. The van der Waals surface area contributed by atoms with Crippen molar-refractivity contribution in [2.75, 3.05) is 5.73 Å². The molecule has 0 saturated heterocycles. The number of carbonyl (C=O) groups is 1. The summed E-state index contributed by atoms with van der Waals surface area (Å²) in [6.45, 7) is 1.84. The van der Waals surface area contributed by atoms with Crippen molar-refractivity contribution in [2.24, 2.45) is 7.05 Å². The maximum Gasteiger partial charge on any atom is 0.212 e. The number of aromatic nitrogens is 2. The number of halogens is 1. The molecule has 0 fully saturated rings. The number of carbonyl (C=O) groups excluding carboxylic acids is 1. The van der Waals surface area contributed by atoms with E-state index in [1.807, 2.05) is 6.92 Å². The second kappa shape index (κ2) is 4.33. The average Bonchev–Trinajstić information content (AvgIpc) is 2.62. The average molecular weight is 294 g/mol. The molecule has 0 atom stereocenters. The van der Waals surface area contributed by atoms with E-state index >= 15 is 0 Å². The summed E-state index contributed by atoms with van der Waals surface area (Å²) in [4.78, 5) is 12.4. The molecule has 0 aliphatic rings. The van der Waals surface area contributed by atoms with E-state index in [9.17, 15) is 4.79 Å². The molecule has 2 rings (SSSR count). The first kappa shape index (κ1) is 11.9. The van der Waals surface area contributed by atoms with Crippen molar-refractivity contribution in [3.05, 3.63) is 45.7 Å². The zero-order valence-electron chi connectivity index (χ0n) is 9.57. The molecular formula is C12H12BrN3O. The SMILES string of the molecule is Cc1c(N)cccc1C(=O)c1c(Br)cnn1C. The molecule has 1 aromatic heterocycles. The molecule has 1 aromatic carbocycles. The van der Waals surface area contributed by atoms with Crippen LogP contribution >= 0.6 is 15.9 Å². The van der Waals surface area contributed by atoms with Crippen molar-refractivity contribution in [1.29, 1.82) is 0 Å². The lowest BCUT2D eigenvalue weighted by Gasteiger charge is -2.08. The maximum absolute atomic E-state index is 12.4. The molecule has 0 amide bonds. The van der Waals surface area contributed by atoms with E-state index in [2.05, 4.69) is 21.0 Å². The molecule has 0 unspecified atom stereocenters. The molecule has 0 aliphatic heterocycles. The summed E-state index contributed by atoms with van der Waals surface area (Å²) >= 11 is 3.32. The Kier molecular flexibility index (Phi) is 3.02. The van der Waals surface area contributed by atoms with Gasteiger partial charge in [0.05, 0.1) is 10.7 Å². The second-order valence-corrected chi connectivity index (χ2v) is 4.67. The van der Waals surface area contributed by atoms with Crippen LogP contribution in [0.2, 0.25) is 0 Å². The maximum atomic E-state index is 12.4. The molecule has 17 heavy (non-hydrogen) atoms. The number of hydrogen-bond donors (Lipinski definition) is 1. The van der Waals surface area contributed by atoms with Gasteiger partial charge in [-0.25, -0.2) is 0 Å². The van der Waals surface area contributed by atoms with Crippen LogP contribution in [-0.2, 0) is 7.05 Å². The van der Waals surface area contributed by atoms with Gasteiger partial charge >= 0.3 is 0 Å². The zero-order valence-corrected chi connectivity index (χ0v) is 11.2. The monoisotopic (exact) mass is 293 g/mol. The number of benzene rings is 1. The number of anilines is 1. The Bertz CT molecular complexity index is 570. The Balaban J connectivity index is 2.55. The van der Waals surface area contributed by atoms with Gasteiger partial charge in [0.2, 0.25) is 5.78 Å². The van der Waals surface area contributed by atoms with Crippen LogP contribution in [0.15, 0.2) is 28.9 Å². The number of rotatable bonds is 2. The summed E-state index contributed by atoms with van der Waals surface area (Å²) < 4.78 is 2.24. The highest BCUT2D eigenvalue weighted by molar-refractivity contribution is 9.10.